The largest absolute Gasteiger partial charge is 0.292 e. The lowest BCUT2D eigenvalue weighted by Crippen LogP contribution is -2.09. The average molecular weight is 357 g/mol. The molecule has 0 radical (unpaired) electrons. The Morgan fingerprint density at radius 1 is 1.21 bits per heavy atom. The zero-order valence-corrected chi connectivity index (χ0v) is 13.8. The van der Waals surface area contributed by atoms with E-state index in [1.165, 1.54) is 11.3 Å². The van der Waals surface area contributed by atoms with Crippen LogP contribution in [0.25, 0.3) is 0 Å². The summed E-state index contributed by atoms with van der Waals surface area (Å²) >= 11 is 4.69. The molecule has 0 saturated heterocycles. The Labute approximate surface area is 127 Å². The highest BCUT2D eigenvalue weighted by atomic mass is 79.9. The van der Waals surface area contributed by atoms with E-state index < -0.39 is 10.8 Å². The van der Waals surface area contributed by atoms with Gasteiger partial charge in [-0.25, -0.2) is 0 Å². The monoisotopic (exact) mass is 356 g/mol. The number of carbonyl (C=O) groups is 1. The smallest absolute Gasteiger partial charge is 0.185 e. The van der Waals surface area contributed by atoms with Crippen LogP contribution in [0.15, 0.2) is 39.0 Å². The number of hydrogen-bond acceptors (Lipinski definition) is 3. The summed E-state index contributed by atoms with van der Waals surface area (Å²) in [7, 11) is -1.28. The van der Waals surface area contributed by atoms with E-state index in [-0.39, 0.29) is 11.5 Å². The molecular weight excluding hydrogens is 344 g/mol. The SMILES string of the molecule is Cc1ccc(S(=O)CC(=O)c2ccc(Br)s2)cc1C. The fraction of sp³-hybridized carbons (Fsp3) is 0.214. The molecule has 0 spiro atoms. The third kappa shape index (κ3) is 3.61. The highest BCUT2D eigenvalue weighted by Crippen LogP contribution is 2.23. The van der Waals surface area contributed by atoms with Gasteiger partial charge in [0.05, 0.1) is 25.2 Å². The molecule has 2 nitrogen and oxygen atoms in total. The van der Waals surface area contributed by atoms with E-state index in [9.17, 15) is 9.00 Å². The van der Waals surface area contributed by atoms with Crippen molar-refractivity contribution in [3.63, 3.8) is 0 Å². The highest BCUT2D eigenvalue weighted by molar-refractivity contribution is 9.11. The minimum atomic E-state index is -1.28. The first-order chi connectivity index (χ1) is 8.97. The number of aryl methyl sites for hydroxylation is 2. The van der Waals surface area contributed by atoms with Crippen molar-refractivity contribution in [2.24, 2.45) is 0 Å². The highest BCUT2D eigenvalue weighted by Gasteiger charge is 2.14. The number of benzene rings is 1. The lowest BCUT2D eigenvalue weighted by Gasteiger charge is -2.04. The number of ketones is 1. The Morgan fingerprint density at radius 3 is 2.53 bits per heavy atom. The molecule has 0 saturated carbocycles. The number of Topliss-reactive ketones (excluding diaryl/α,β-unsaturated/α-hetero) is 1. The quantitative estimate of drug-likeness (QED) is 0.772. The van der Waals surface area contributed by atoms with Crippen molar-refractivity contribution in [1.82, 2.24) is 0 Å². The number of carbonyl (C=O) groups excluding carboxylic acids is 1. The van der Waals surface area contributed by atoms with Crippen LogP contribution in [0.5, 0.6) is 0 Å². The Hall–Kier alpha value is -0.780. The van der Waals surface area contributed by atoms with Crippen molar-refractivity contribution in [1.29, 1.82) is 0 Å². The van der Waals surface area contributed by atoms with Gasteiger partial charge in [0.15, 0.2) is 5.78 Å². The van der Waals surface area contributed by atoms with Crippen LogP contribution < -0.4 is 0 Å². The standard InChI is InChI=1S/C14H13BrO2S2/c1-9-3-4-11(7-10(9)2)19(17)8-12(16)13-5-6-14(15)18-13/h3-7H,8H2,1-2H3. The molecule has 1 unspecified atom stereocenters. The van der Waals surface area contributed by atoms with Crippen LogP contribution in [0.3, 0.4) is 0 Å². The Morgan fingerprint density at radius 2 is 1.95 bits per heavy atom. The average Bonchev–Trinajstić information content (AvgIpc) is 2.79. The summed E-state index contributed by atoms with van der Waals surface area (Å²) in [5.74, 6) is -0.0395. The van der Waals surface area contributed by atoms with Gasteiger partial charge in [-0.1, -0.05) is 6.07 Å². The van der Waals surface area contributed by atoms with Crippen LogP contribution >= 0.6 is 27.3 Å². The second-order valence-corrected chi connectivity index (χ2v) is 8.18. The van der Waals surface area contributed by atoms with E-state index in [1.54, 1.807) is 6.07 Å². The first-order valence-electron chi connectivity index (χ1n) is 5.71. The van der Waals surface area contributed by atoms with E-state index >= 15 is 0 Å². The summed E-state index contributed by atoms with van der Waals surface area (Å²) < 4.78 is 13.1. The second kappa shape index (κ2) is 6.11. The molecule has 0 N–H and O–H groups in total. The van der Waals surface area contributed by atoms with Gasteiger partial charge >= 0.3 is 0 Å². The lowest BCUT2D eigenvalue weighted by molar-refractivity contribution is 0.102. The molecule has 1 aromatic heterocycles. The van der Waals surface area contributed by atoms with Crippen LogP contribution in [0.2, 0.25) is 0 Å². The molecule has 5 heteroatoms. The third-order valence-electron chi connectivity index (χ3n) is 2.85. The van der Waals surface area contributed by atoms with Gasteiger partial charge in [-0.05, 0) is 65.2 Å². The van der Waals surface area contributed by atoms with E-state index in [0.29, 0.717) is 9.77 Å². The van der Waals surface area contributed by atoms with Crippen LogP contribution in [0, 0.1) is 13.8 Å². The van der Waals surface area contributed by atoms with E-state index in [2.05, 4.69) is 15.9 Å². The maximum absolute atomic E-state index is 12.2. The molecule has 100 valence electrons. The fourth-order valence-corrected chi connectivity index (χ4v) is 4.10. The molecule has 19 heavy (non-hydrogen) atoms. The van der Waals surface area contributed by atoms with Crippen molar-refractivity contribution in [3.05, 3.63) is 50.1 Å². The molecular formula is C14H13BrO2S2. The van der Waals surface area contributed by atoms with Crippen molar-refractivity contribution >= 4 is 43.8 Å². The molecule has 1 aromatic carbocycles. The molecule has 0 fully saturated rings. The maximum atomic E-state index is 12.2. The Bertz CT molecular complexity index is 647. The molecule has 0 aliphatic heterocycles. The molecule has 1 heterocycles. The number of thiophene rings is 1. The second-order valence-electron chi connectivity index (χ2n) is 4.26. The number of rotatable bonds is 4. The molecule has 0 aliphatic rings. The van der Waals surface area contributed by atoms with Gasteiger partial charge in [0.1, 0.15) is 0 Å². The third-order valence-corrected chi connectivity index (χ3v) is 5.82. The van der Waals surface area contributed by atoms with Crippen molar-refractivity contribution < 1.29 is 9.00 Å². The van der Waals surface area contributed by atoms with Crippen LogP contribution in [-0.4, -0.2) is 15.7 Å². The fourth-order valence-electron chi connectivity index (χ4n) is 1.59. The van der Waals surface area contributed by atoms with Gasteiger partial charge < -0.3 is 0 Å². The molecule has 0 aliphatic carbocycles. The van der Waals surface area contributed by atoms with Crippen molar-refractivity contribution in [3.8, 4) is 0 Å². The summed E-state index contributed by atoms with van der Waals surface area (Å²) in [5, 5.41) is 0. The first kappa shape index (κ1) is 14.6. The first-order valence-corrected chi connectivity index (χ1v) is 8.64. The summed E-state index contributed by atoms with van der Waals surface area (Å²) in [4.78, 5) is 13.3. The van der Waals surface area contributed by atoms with E-state index in [4.69, 9.17) is 0 Å². The molecule has 2 aromatic rings. The molecule has 2 rings (SSSR count). The number of halogens is 1. The van der Waals surface area contributed by atoms with E-state index in [1.807, 2.05) is 38.1 Å². The minimum Gasteiger partial charge on any atom is -0.292 e. The van der Waals surface area contributed by atoms with E-state index in [0.717, 1.165) is 14.9 Å². The predicted molar refractivity (Wildman–Crippen MR) is 83.5 cm³/mol. The molecule has 1 atom stereocenters. The van der Waals surface area contributed by atoms with Crippen molar-refractivity contribution in [2.45, 2.75) is 18.7 Å². The normalized spacial score (nSPS) is 12.4. The zero-order valence-electron chi connectivity index (χ0n) is 10.6. The lowest BCUT2D eigenvalue weighted by atomic mass is 10.1. The molecule has 0 amide bonds. The van der Waals surface area contributed by atoms with Crippen LogP contribution in [0.1, 0.15) is 20.8 Å². The van der Waals surface area contributed by atoms with Gasteiger partial charge in [0, 0.05) is 4.90 Å². The zero-order chi connectivity index (χ0) is 14.0. The van der Waals surface area contributed by atoms with Gasteiger partial charge in [0.2, 0.25) is 0 Å². The van der Waals surface area contributed by atoms with Gasteiger partial charge in [-0.2, -0.15) is 0 Å². The van der Waals surface area contributed by atoms with Gasteiger partial charge in [-0.15, -0.1) is 11.3 Å². The van der Waals surface area contributed by atoms with Gasteiger partial charge in [-0.3, -0.25) is 9.00 Å². The minimum absolute atomic E-state index is 0.0372. The summed E-state index contributed by atoms with van der Waals surface area (Å²) in [6.45, 7) is 3.99. The summed E-state index contributed by atoms with van der Waals surface area (Å²) in [6, 6.07) is 9.25. The predicted octanol–water partition coefficient (Wildman–Crippen LogP) is 4.12. The maximum Gasteiger partial charge on any atom is 0.185 e. The van der Waals surface area contributed by atoms with Crippen LogP contribution in [0.4, 0.5) is 0 Å². The summed E-state index contributed by atoms with van der Waals surface area (Å²) in [5.41, 5.74) is 2.26. The topological polar surface area (TPSA) is 34.1 Å². The Balaban J connectivity index is 2.12. The Kier molecular flexibility index (Phi) is 4.71. The molecule has 0 bridgehead atoms. The van der Waals surface area contributed by atoms with Crippen LogP contribution in [-0.2, 0) is 10.8 Å². The summed E-state index contributed by atoms with van der Waals surface area (Å²) in [6.07, 6.45) is 0. The van der Waals surface area contributed by atoms with Crippen molar-refractivity contribution in [2.75, 3.05) is 5.75 Å². The number of hydrogen-bond donors (Lipinski definition) is 0. The van der Waals surface area contributed by atoms with Gasteiger partial charge in [0.25, 0.3) is 0 Å².